The van der Waals surface area contributed by atoms with Gasteiger partial charge in [0.05, 0.1) is 52.9 Å². The number of benzene rings is 1. The molecule has 0 aliphatic rings. The van der Waals surface area contributed by atoms with E-state index in [-0.39, 0.29) is 13.2 Å². The molecule has 0 fully saturated rings. The van der Waals surface area contributed by atoms with Crippen LogP contribution in [0.15, 0.2) is 55.1 Å². The molecule has 2 N–H and O–H groups in total. The molecule has 156 valence electrons. The number of imidazole rings is 1. The molecule has 5 rings (SSSR count). The van der Waals surface area contributed by atoms with E-state index in [4.69, 9.17) is 33.3 Å². The smallest absolute Gasteiger partial charge is 0.147 e. The molecule has 0 saturated carbocycles. The van der Waals surface area contributed by atoms with E-state index in [1.165, 1.54) is 0 Å². The quantitative estimate of drug-likeness (QED) is 0.416. The average Bonchev–Trinajstić information content (AvgIpc) is 3.38. The second kappa shape index (κ2) is 7.94. The number of nitrogens with zero attached hydrogens (tertiary/aromatic N) is 5. The van der Waals surface area contributed by atoms with Crippen molar-refractivity contribution >= 4 is 39.8 Å². The highest BCUT2D eigenvalue weighted by molar-refractivity contribution is 6.39. The third-order valence-electron chi connectivity index (χ3n) is 5.20. The Kier molecular flexibility index (Phi) is 5.11. The summed E-state index contributed by atoms with van der Waals surface area (Å²) < 4.78 is 3.51. The van der Waals surface area contributed by atoms with Crippen LogP contribution in [0.1, 0.15) is 5.69 Å². The highest BCUT2D eigenvalue weighted by atomic mass is 35.5. The largest absolute Gasteiger partial charge is 0.394 e. The summed E-state index contributed by atoms with van der Waals surface area (Å²) >= 11 is 12.8. The van der Waals surface area contributed by atoms with Crippen LogP contribution >= 0.6 is 23.2 Å². The summed E-state index contributed by atoms with van der Waals surface area (Å²) in [6, 6.07) is 9.13. The van der Waals surface area contributed by atoms with E-state index in [1.54, 1.807) is 35.3 Å². The average molecular weight is 454 g/mol. The van der Waals surface area contributed by atoms with Gasteiger partial charge in [0.25, 0.3) is 0 Å². The van der Waals surface area contributed by atoms with Crippen molar-refractivity contribution in [1.82, 2.24) is 24.1 Å². The van der Waals surface area contributed by atoms with Gasteiger partial charge in [-0.3, -0.25) is 9.67 Å². The molecule has 0 aliphatic carbocycles. The highest BCUT2D eigenvalue weighted by Crippen LogP contribution is 2.37. The van der Waals surface area contributed by atoms with Gasteiger partial charge in [0, 0.05) is 40.7 Å². The summed E-state index contributed by atoms with van der Waals surface area (Å²) in [6.45, 7) is 0.209. The van der Waals surface area contributed by atoms with Crippen molar-refractivity contribution in [3.8, 4) is 22.4 Å². The van der Waals surface area contributed by atoms with Gasteiger partial charge < -0.3 is 14.6 Å². The summed E-state index contributed by atoms with van der Waals surface area (Å²) in [5, 5.41) is 25.2. The Hall–Kier alpha value is -2.97. The van der Waals surface area contributed by atoms with E-state index >= 15 is 0 Å². The zero-order valence-electron chi connectivity index (χ0n) is 16.2. The normalized spacial score (nSPS) is 11.6. The van der Waals surface area contributed by atoms with Gasteiger partial charge in [0.15, 0.2) is 0 Å². The van der Waals surface area contributed by atoms with Crippen LogP contribution in [0.4, 0.5) is 0 Å². The SMILES string of the molecule is OCCn1cc(-c2cnc3ccn4c(CO)c(-c5c(Cl)cccc5Cl)nc4c3c2)cn1. The zero-order chi connectivity index (χ0) is 21.5. The molecule has 0 spiro atoms. The van der Waals surface area contributed by atoms with Crippen LogP contribution in [0.25, 0.3) is 38.9 Å². The first-order chi connectivity index (χ1) is 15.1. The monoisotopic (exact) mass is 453 g/mol. The third kappa shape index (κ3) is 3.36. The lowest BCUT2D eigenvalue weighted by atomic mass is 10.1. The van der Waals surface area contributed by atoms with E-state index in [1.807, 2.05) is 28.9 Å². The number of halogens is 2. The lowest BCUT2D eigenvalue weighted by Gasteiger charge is -2.06. The second-order valence-corrected chi connectivity index (χ2v) is 7.86. The summed E-state index contributed by atoms with van der Waals surface area (Å²) in [6.07, 6.45) is 7.20. The number of fused-ring (bicyclic) bond motifs is 3. The molecule has 4 heterocycles. The number of pyridine rings is 2. The van der Waals surface area contributed by atoms with Crippen LogP contribution in [0, 0.1) is 0 Å². The van der Waals surface area contributed by atoms with Crippen molar-refractivity contribution < 1.29 is 10.2 Å². The summed E-state index contributed by atoms with van der Waals surface area (Å²) in [5.41, 5.74) is 4.87. The molecule has 9 heteroatoms. The number of hydrogen-bond acceptors (Lipinski definition) is 5. The van der Waals surface area contributed by atoms with E-state index in [9.17, 15) is 5.11 Å². The molecule has 0 amide bonds. The van der Waals surface area contributed by atoms with E-state index in [0.717, 1.165) is 22.0 Å². The van der Waals surface area contributed by atoms with Crippen LogP contribution in [0.5, 0.6) is 0 Å². The van der Waals surface area contributed by atoms with Crippen molar-refractivity contribution in [1.29, 1.82) is 0 Å². The van der Waals surface area contributed by atoms with Crippen LogP contribution in [-0.2, 0) is 13.2 Å². The van der Waals surface area contributed by atoms with Crippen molar-refractivity contribution in [3.63, 3.8) is 0 Å². The first-order valence-electron chi connectivity index (χ1n) is 9.59. The Morgan fingerprint density at radius 3 is 2.55 bits per heavy atom. The third-order valence-corrected chi connectivity index (χ3v) is 5.83. The lowest BCUT2D eigenvalue weighted by molar-refractivity contribution is 0.269. The van der Waals surface area contributed by atoms with Crippen LogP contribution < -0.4 is 0 Å². The predicted octanol–water partition coefficient (Wildman–Crippen LogP) is 4.20. The van der Waals surface area contributed by atoms with Crippen LogP contribution in [0.3, 0.4) is 0 Å². The molecule has 0 aliphatic heterocycles. The Morgan fingerprint density at radius 1 is 1.00 bits per heavy atom. The lowest BCUT2D eigenvalue weighted by Crippen LogP contribution is -2.01. The van der Waals surface area contributed by atoms with Gasteiger partial charge in [-0.1, -0.05) is 29.3 Å². The van der Waals surface area contributed by atoms with Crippen molar-refractivity contribution in [2.45, 2.75) is 13.2 Å². The van der Waals surface area contributed by atoms with E-state index < -0.39 is 0 Å². The fourth-order valence-electron chi connectivity index (χ4n) is 3.72. The summed E-state index contributed by atoms with van der Waals surface area (Å²) in [4.78, 5) is 9.39. The fraction of sp³-hybridized carbons (Fsp3) is 0.136. The first-order valence-corrected chi connectivity index (χ1v) is 10.3. The molecule has 7 nitrogen and oxygen atoms in total. The molecule has 0 bridgehead atoms. The van der Waals surface area contributed by atoms with Crippen LogP contribution in [0.2, 0.25) is 10.0 Å². The molecule has 31 heavy (non-hydrogen) atoms. The molecule has 0 unspecified atom stereocenters. The number of aromatic nitrogens is 5. The topological polar surface area (TPSA) is 88.5 Å². The highest BCUT2D eigenvalue weighted by Gasteiger charge is 2.20. The minimum Gasteiger partial charge on any atom is -0.394 e. The molecule has 4 aromatic heterocycles. The maximum atomic E-state index is 10.1. The predicted molar refractivity (Wildman–Crippen MR) is 120 cm³/mol. The van der Waals surface area contributed by atoms with Gasteiger partial charge in [-0.2, -0.15) is 5.10 Å². The summed E-state index contributed by atoms with van der Waals surface area (Å²) in [7, 11) is 0. The second-order valence-electron chi connectivity index (χ2n) is 7.04. The molecule has 5 aromatic rings. The maximum absolute atomic E-state index is 10.1. The van der Waals surface area contributed by atoms with Gasteiger partial charge in [-0.15, -0.1) is 0 Å². The van der Waals surface area contributed by atoms with Crippen molar-refractivity contribution in [2.24, 2.45) is 0 Å². The Balaban J connectivity index is 1.74. The number of rotatable bonds is 5. The minimum absolute atomic E-state index is 0.0170. The van der Waals surface area contributed by atoms with Gasteiger partial charge in [-0.05, 0) is 24.3 Å². The van der Waals surface area contributed by atoms with Crippen LogP contribution in [-0.4, -0.2) is 41.0 Å². The van der Waals surface area contributed by atoms with Gasteiger partial charge in [-0.25, -0.2) is 4.98 Å². The number of aliphatic hydroxyl groups excluding tert-OH is 2. The number of aliphatic hydroxyl groups is 2. The van der Waals surface area contributed by atoms with Gasteiger partial charge >= 0.3 is 0 Å². The van der Waals surface area contributed by atoms with Crippen molar-refractivity contribution in [3.05, 3.63) is 70.9 Å². The van der Waals surface area contributed by atoms with Gasteiger partial charge in [0.2, 0.25) is 0 Å². The summed E-state index contributed by atoms with van der Waals surface area (Å²) in [5.74, 6) is 0. The molecule has 0 radical (unpaired) electrons. The molecular formula is C22H17Cl2N5O2. The van der Waals surface area contributed by atoms with Crippen molar-refractivity contribution in [2.75, 3.05) is 6.61 Å². The molecular weight excluding hydrogens is 437 g/mol. The Labute approximate surface area is 187 Å². The molecule has 0 saturated heterocycles. The van der Waals surface area contributed by atoms with Gasteiger partial charge in [0.1, 0.15) is 5.65 Å². The Bertz CT molecular complexity index is 1410. The Morgan fingerprint density at radius 2 is 1.81 bits per heavy atom. The minimum atomic E-state index is -0.232. The first kappa shape index (κ1) is 20.0. The molecule has 1 aromatic carbocycles. The maximum Gasteiger partial charge on any atom is 0.147 e. The zero-order valence-corrected chi connectivity index (χ0v) is 17.7. The number of hydrogen-bond donors (Lipinski definition) is 2. The molecule has 0 atom stereocenters. The van der Waals surface area contributed by atoms with E-state index in [0.29, 0.717) is 39.2 Å². The standard InChI is InChI=1S/C22H17Cl2N5O2/c23-16-2-1-3-17(24)20(16)21-19(12-31)29-5-4-18-15(22(29)27-21)8-13(9-25-18)14-10-26-28(11-14)6-7-30/h1-5,8-11,30-31H,6-7,12H2. The fourth-order valence-corrected chi connectivity index (χ4v) is 4.30. The van der Waals surface area contributed by atoms with E-state index in [2.05, 4.69) is 10.1 Å².